The normalized spacial score (nSPS) is 14.8. The molecule has 1 fully saturated rings. The van der Waals surface area contributed by atoms with E-state index in [9.17, 15) is 4.39 Å². The summed E-state index contributed by atoms with van der Waals surface area (Å²) < 4.78 is 16.3. The van der Waals surface area contributed by atoms with Gasteiger partial charge in [0, 0.05) is 28.5 Å². The molecule has 1 aliphatic heterocycles. The lowest BCUT2D eigenvalue weighted by atomic mass is 10.0. The van der Waals surface area contributed by atoms with E-state index in [0.29, 0.717) is 16.6 Å². The van der Waals surface area contributed by atoms with Crippen molar-refractivity contribution in [3.63, 3.8) is 0 Å². The number of nitrogens with zero attached hydrogens (tertiary/aromatic N) is 3. The quantitative estimate of drug-likeness (QED) is 0.453. The highest BCUT2D eigenvalue weighted by molar-refractivity contribution is 6.31. The van der Waals surface area contributed by atoms with Crippen molar-refractivity contribution < 1.29 is 4.39 Å². The minimum Gasteiger partial charge on any atom is -0.367 e. The Morgan fingerprint density at radius 3 is 2.74 bits per heavy atom. The first kappa shape index (κ1) is 20.0. The minimum absolute atomic E-state index is 0.325. The van der Waals surface area contributed by atoms with E-state index < -0.39 is 0 Å². The Morgan fingerprint density at radius 1 is 1.13 bits per heavy atom. The summed E-state index contributed by atoms with van der Waals surface area (Å²) in [6, 6.07) is 13.1. The number of hydrogen-bond donors (Lipinski definition) is 2. The molecule has 5 nitrogen and oxygen atoms in total. The number of hydrogen-bond acceptors (Lipinski definition) is 4. The third-order valence-corrected chi connectivity index (χ3v) is 5.93. The summed E-state index contributed by atoms with van der Waals surface area (Å²) in [4.78, 5) is 9.18. The third-order valence-electron chi connectivity index (χ3n) is 5.72. The predicted molar refractivity (Wildman–Crippen MR) is 124 cm³/mol. The molecule has 31 heavy (non-hydrogen) atoms. The third kappa shape index (κ3) is 4.01. The number of aryl methyl sites for hydroxylation is 1. The van der Waals surface area contributed by atoms with Gasteiger partial charge in [-0.1, -0.05) is 23.7 Å². The van der Waals surface area contributed by atoms with Gasteiger partial charge in [0.25, 0.3) is 0 Å². The molecule has 0 amide bonds. The predicted octanol–water partition coefficient (Wildman–Crippen LogP) is 5.35. The van der Waals surface area contributed by atoms with E-state index in [-0.39, 0.29) is 5.82 Å². The van der Waals surface area contributed by atoms with Crippen molar-refractivity contribution in [3.05, 3.63) is 71.4 Å². The Kier molecular flexibility index (Phi) is 5.34. The molecular formula is C24H23ClFN5. The van der Waals surface area contributed by atoms with E-state index in [0.717, 1.165) is 59.6 Å². The van der Waals surface area contributed by atoms with Crippen LogP contribution in [0, 0.1) is 12.7 Å². The van der Waals surface area contributed by atoms with Crippen molar-refractivity contribution in [2.45, 2.75) is 25.8 Å². The van der Waals surface area contributed by atoms with Crippen LogP contribution in [0.2, 0.25) is 5.02 Å². The zero-order valence-electron chi connectivity index (χ0n) is 17.2. The molecule has 0 radical (unpaired) electrons. The second kappa shape index (κ2) is 8.29. The van der Waals surface area contributed by atoms with Gasteiger partial charge in [-0.15, -0.1) is 0 Å². The maximum Gasteiger partial charge on any atom is 0.150 e. The molecule has 158 valence electrons. The van der Waals surface area contributed by atoms with Crippen LogP contribution in [0.4, 0.5) is 10.2 Å². The van der Waals surface area contributed by atoms with Crippen molar-refractivity contribution in [1.82, 2.24) is 19.9 Å². The second-order valence-electron chi connectivity index (χ2n) is 8.00. The lowest BCUT2D eigenvalue weighted by Gasteiger charge is -2.24. The Hall–Kier alpha value is -2.96. The van der Waals surface area contributed by atoms with E-state index in [4.69, 9.17) is 11.6 Å². The average molecular weight is 436 g/mol. The van der Waals surface area contributed by atoms with Gasteiger partial charge >= 0.3 is 0 Å². The van der Waals surface area contributed by atoms with Crippen LogP contribution in [0.25, 0.3) is 27.8 Å². The van der Waals surface area contributed by atoms with E-state index in [1.165, 1.54) is 12.1 Å². The first-order valence-electron chi connectivity index (χ1n) is 10.5. The van der Waals surface area contributed by atoms with Gasteiger partial charge in [-0.2, -0.15) is 0 Å². The first-order chi connectivity index (χ1) is 15.1. The maximum atomic E-state index is 14.2. The molecule has 0 aliphatic carbocycles. The fourth-order valence-corrected chi connectivity index (χ4v) is 4.46. The summed E-state index contributed by atoms with van der Waals surface area (Å²) in [7, 11) is 0. The number of halogens is 2. The van der Waals surface area contributed by atoms with Crippen LogP contribution in [-0.2, 0) is 0 Å². The standard InChI is InChI=1S/C24H23ClFN5/c1-15-3-2-4-20(9-15)31-13-21(16-10-17(25)12-18(26)11-16)22-23(28-14-29-24(22)31)30-19-5-7-27-8-6-19/h2-4,9-14,19,27H,5-8H2,1H3,(H,28,29,30). The summed E-state index contributed by atoms with van der Waals surface area (Å²) >= 11 is 6.19. The lowest BCUT2D eigenvalue weighted by molar-refractivity contribution is 0.478. The topological polar surface area (TPSA) is 54.8 Å². The monoisotopic (exact) mass is 435 g/mol. The molecule has 7 heteroatoms. The van der Waals surface area contributed by atoms with E-state index in [1.807, 2.05) is 22.9 Å². The first-order valence-corrected chi connectivity index (χ1v) is 10.8. The fourth-order valence-electron chi connectivity index (χ4n) is 4.23. The zero-order valence-corrected chi connectivity index (χ0v) is 18.0. The van der Waals surface area contributed by atoms with E-state index in [2.05, 4.69) is 39.7 Å². The molecular weight excluding hydrogens is 413 g/mol. The van der Waals surface area contributed by atoms with Crippen LogP contribution in [0.3, 0.4) is 0 Å². The van der Waals surface area contributed by atoms with Crippen LogP contribution in [0.1, 0.15) is 18.4 Å². The number of rotatable bonds is 4. The highest BCUT2D eigenvalue weighted by Gasteiger charge is 2.21. The molecule has 2 aromatic heterocycles. The molecule has 0 atom stereocenters. The van der Waals surface area contributed by atoms with Crippen LogP contribution >= 0.6 is 11.6 Å². The van der Waals surface area contributed by atoms with Gasteiger partial charge in [0.1, 0.15) is 18.0 Å². The van der Waals surface area contributed by atoms with Crippen molar-refractivity contribution in [3.8, 4) is 16.8 Å². The van der Waals surface area contributed by atoms with Crippen LogP contribution in [0.15, 0.2) is 55.0 Å². The van der Waals surface area contributed by atoms with Crippen LogP contribution < -0.4 is 10.6 Å². The smallest absolute Gasteiger partial charge is 0.150 e. The average Bonchev–Trinajstić information content (AvgIpc) is 3.15. The second-order valence-corrected chi connectivity index (χ2v) is 8.44. The molecule has 0 unspecified atom stereocenters. The molecule has 0 saturated carbocycles. The number of piperidine rings is 1. The number of anilines is 1. The summed E-state index contributed by atoms with van der Waals surface area (Å²) in [5.74, 6) is 0.391. The van der Waals surface area contributed by atoms with Crippen LogP contribution in [0.5, 0.6) is 0 Å². The van der Waals surface area contributed by atoms with Crippen molar-refractivity contribution in [2.75, 3.05) is 18.4 Å². The molecule has 3 heterocycles. The van der Waals surface area contributed by atoms with E-state index in [1.54, 1.807) is 12.4 Å². The van der Waals surface area contributed by atoms with Gasteiger partial charge in [0.2, 0.25) is 0 Å². The summed E-state index contributed by atoms with van der Waals surface area (Å²) in [5.41, 5.74) is 4.45. The maximum absolute atomic E-state index is 14.2. The minimum atomic E-state index is -0.372. The number of benzene rings is 2. The van der Waals surface area contributed by atoms with Crippen LogP contribution in [-0.4, -0.2) is 33.7 Å². The zero-order chi connectivity index (χ0) is 21.4. The van der Waals surface area contributed by atoms with Gasteiger partial charge in [0.15, 0.2) is 5.65 Å². The van der Waals surface area contributed by atoms with Gasteiger partial charge in [0.05, 0.1) is 5.39 Å². The van der Waals surface area contributed by atoms with E-state index >= 15 is 0 Å². The Balaban J connectivity index is 1.73. The summed E-state index contributed by atoms with van der Waals surface area (Å²) in [6.45, 7) is 4.01. The summed E-state index contributed by atoms with van der Waals surface area (Å²) in [6.07, 6.45) is 5.61. The molecule has 1 aliphatic rings. The molecule has 2 N–H and O–H groups in total. The molecule has 1 saturated heterocycles. The molecule has 4 aromatic rings. The largest absolute Gasteiger partial charge is 0.367 e. The highest BCUT2D eigenvalue weighted by Crippen LogP contribution is 2.37. The van der Waals surface area contributed by atoms with Gasteiger partial charge in [-0.3, -0.25) is 0 Å². The van der Waals surface area contributed by atoms with Gasteiger partial charge < -0.3 is 15.2 Å². The Labute approximate surface area is 185 Å². The molecule has 2 aromatic carbocycles. The fraction of sp³-hybridized carbons (Fsp3) is 0.250. The Morgan fingerprint density at radius 2 is 1.97 bits per heavy atom. The lowest BCUT2D eigenvalue weighted by Crippen LogP contribution is -2.35. The van der Waals surface area contributed by atoms with Crippen molar-refractivity contribution >= 4 is 28.5 Å². The molecule has 5 rings (SSSR count). The Bertz CT molecular complexity index is 1230. The van der Waals surface area contributed by atoms with Gasteiger partial charge in [-0.05, 0) is 74.3 Å². The summed E-state index contributed by atoms with van der Waals surface area (Å²) in [5, 5.41) is 8.22. The molecule has 0 spiro atoms. The number of aromatic nitrogens is 3. The molecule has 0 bridgehead atoms. The van der Waals surface area contributed by atoms with Crippen molar-refractivity contribution in [1.29, 1.82) is 0 Å². The number of fused-ring (bicyclic) bond motifs is 1. The van der Waals surface area contributed by atoms with Gasteiger partial charge in [-0.25, -0.2) is 14.4 Å². The SMILES string of the molecule is Cc1cccc(-n2cc(-c3cc(F)cc(Cl)c3)c3c(NC4CCNCC4)ncnc32)c1. The highest BCUT2D eigenvalue weighted by atomic mass is 35.5. The van der Waals surface area contributed by atoms with Crippen molar-refractivity contribution in [2.24, 2.45) is 0 Å². The number of nitrogens with one attached hydrogen (secondary N) is 2.